The third-order valence-corrected chi connectivity index (χ3v) is 3.43. The molecule has 0 aliphatic carbocycles. The van der Waals surface area contributed by atoms with E-state index in [-0.39, 0.29) is 18.6 Å². The van der Waals surface area contributed by atoms with E-state index in [4.69, 9.17) is 4.98 Å². The van der Waals surface area contributed by atoms with Gasteiger partial charge in [-0.2, -0.15) is 0 Å². The lowest BCUT2D eigenvalue weighted by atomic mass is 10.1. The Labute approximate surface area is 128 Å². The fourth-order valence-electron chi connectivity index (χ4n) is 2.19. The van der Waals surface area contributed by atoms with Gasteiger partial charge in [0.2, 0.25) is 0 Å². The molecule has 2 N–H and O–H groups in total. The fourth-order valence-corrected chi connectivity index (χ4v) is 2.19. The first kappa shape index (κ1) is 17.7. The van der Waals surface area contributed by atoms with E-state index in [1.165, 1.54) is 0 Å². The standard InChI is InChI=1S/C16H30N4O/c1-7-8-17-15-13(6)16(19-14(18-15)11(2)3)20(9-10-21)12(4)5/h11-12,21H,7-10H2,1-6H3,(H,17,18,19). The fraction of sp³-hybridized carbons (Fsp3) is 0.750. The Morgan fingerprint density at radius 2 is 1.86 bits per heavy atom. The minimum absolute atomic E-state index is 0.121. The highest BCUT2D eigenvalue weighted by Crippen LogP contribution is 2.27. The third kappa shape index (κ3) is 4.56. The van der Waals surface area contributed by atoms with Gasteiger partial charge in [0, 0.05) is 30.6 Å². The van der Waals surface area contributed by atoms with Crippen LogP contribution in [0.1, 0.15) is 58.3 Å². The quantitative estimate of drug-likeness (QED) is 0.772. The van der Waals surface area contributed by atoms with Gasteiger partial charge in [-0.3, -0.25) is 0 Å². The zero-order chi connectivity index (χ0) is 16.0. The van der Waals surface area contributed by atoms with Crippen LogP contribution in [0, 0.1) is 6.92 Å². The first-order valence-corrected chi connectivity index (χ1v) is 7.92. The zero-order valence-electron chi connectivity index (χ0n) is 14.3. The van der Waals surface area contributed by atoms with Crippen molar-refractivity contribution in [1.29, 1.82) is 0 Å². The van der Waals surface area contributed by atoms with Crippen molar-refractivity contribution in [3.05, 3.63) is 11.4 Å². The average Bonchev–Trinajstić information content (AvgIpc) is 2.43. The van der Waals surface area contributed by atoms with Crippen LogP contribution in [0.4, 0.5) is 11.6 Å². The van der Waals surface area contributed by atoms with Gasteiger partial charge in [-0.05, 0) is 27.2 Å². The molecule has 1 aromatic rings. The molecule has 0 spiro atoms. The summed E-state index contributed by atoms with van der Waals surface area (Å²) in [5.74, 6) is 2.96. The predicted molar refractivity (Wildman–Crippen MR) is 89.2 cm³/mol. The summed E-state index contributed by atoms with van der Waals surface area (Å²) in [6.45, 7) is 14.2. The van der Waals surface area contributed by atoms with E-state index in [0.717, 1.165) is 36.0 Å². The van der Waals surface area contributed by atoms with Crippen LogP contribution >= 0.6 is 0 Å². The Balaban J connectivity index is 3.29. The highest BCUT2D eigenvalue weighted by atomic mass is 16.3. The summed E-state index contributed by atoms with van der Waals surface area (Å²) in [6.07, 6.45) is 1.06. The molecule has 0 atom stereocenters. The molecular weight excluding hydrogens is 264 g/mol. The molecule has 1 aromatic heterocycles. The van der Waals surface area contributed by atoms with Gasteiger partial charge in [0.15, 0.2) is 0 Å². The Hall–Kier alpha value is -1.36. The molecule has 21 heavy (non-hydrogen) atoms. The Bertz CT molecular complexity index is 446. The number of nitrogens with one attached hydrogen (secondary N) is 1. The van der Waals surface area contributed by atoms with E-state index < -0.39 is 0 Å². The van der Waals surface area contributed by atoms with Gasteiger partial charge in [-0.25, -0.2) is 9.97 Å². The molecule has 0 radical (unpaired) electrons. The molecule has 5 heteroatoms. The van der Waals surface area contributed by atoms with E-state index >= 15 is 0 Å². The molecule has 120 valence electrons. The van der Waals surface area contributed by atoms with Gasteiger partial charge < -0.3 is 15.3 Å². The third-order valence-electron chi connectivity index (χ3n) is 3.43. The second-order valence-corrected chi connectivity index (χ2v) is 5.97. The Morgan fingerprint density at radius 3 is 2.33 bits per heavy atom. The molecule has 1 heterocycles. The number of nitrogens with zero attached hydrogens (tertiary/aromatic N) is 3. The van der Waals surface area contributed by atoms with Crippen molar-refractivity contribution >= 4 is 11.6 Å². The molecule has 0 saturated heterocycles. The maximum absolute atomic E-state index is 9.33. The zero-order valence-corrected chi connectivity index (χ0v) is 14.3. The van der Waals surface area contributed by atoms with Gasteiger partial charge >= 0.3 is 0 Å². The molecule has 0 aromatic carbocycles. The second-order valence-electron chi connectivity index (χ2n) is 5.97. The van der Waals surface area contributed by atoms with Crippen molar-refractivity contribution in [3.8, 4) is 0 Å². The van der Waals surface area contributed by atoms with Crippen LogP contribution in [-0.2, 0) is 0 Å². The Kier molecular flexibility index (Phi) is 6.89. The number of aromatic nitrogens is 2. The molecule has 0 fully saturated rings. The SMILES string of the molecule is CCCNc1nc(C(C)C)nc(N(CCO)C(C)C)c1C. The number of hydrogen-bond donors (Lipinski definition) is 2. The van der Waals surface area contributed by atoms with Crippen LogP contribution in [0.15, 0.2) is 0 Å². The van der Waals surface area contributed by atoms with Gasteiger partial charge in [-0.1, -0.05) is 20.8 Å². The monoisotopic (exact) mass is 294 g/mol. The lowest BCUT2D eigenvalue weighted by molar-refractivity contribution is 0.298. The van der Waals surface area contributed by atoms with Gasteiger partial charge in [0.05, 0.1) is 6.61 Å². The maximum Gasteiger partial charge on any atom is 0.137 e. The molecule has 5 nitrogen and oxygen atoms in total. The van der Waals surface area contributed by atoms with Crippen LogP contribution in [0.2, 0.25) is 0 Å². The molecular formula is C16H30N4O. The van der Waals surface area contributed by atoms with E-state index in [0.29, 0.717) is 6.54 Å². The Morgan fingerprint density at radius 1 is 1.19 bits per heavy atom. The van der Waals surface area contributed by atoms with Crippen molar-refractivity contribution in [1.82, 2.24) is 9.97 Å². The summed E-state index contributed by atoms with van der Waals surface area (Å²) in [4.78, 5) is 11.5. The highest BCUT2D eigenvalue weighted by Gasteiger charge is 2.19. The number of aliphatic hydroxyl groups is 1. The van der Waals surface area contributed by atoms with Crippen LogP contribution in [0.5, 0.6) is 0 Å². The molecule has 0 aliphatic rings. The number of rotatable bonds is 8. The lowest BCUT2D eigenvalue weighted by Gasteiger charge is -2.30. The minimum Gasteiger partial charge on any atom is -0.395 e. The topological polar surface area (TPSA) is 61.3 Å². The van der Waals surface area contributed by atoms with Crippen LogP contribution in [0.3, 0.4) is 0 Å². The van der Waals surface area contributed by atoms with Crippen molar-refractivity contribution in [3.63, 3.8) is 0 Å². The number of aliphatic hydroxyl groups excluding tert-OH is 1. The second kappa shape index (κ2) is 8.17. The van der Waals surface area contributed by atoms with Gasteiger partial charge in [-0.15, -0.1) is 0 Å². The van der Waals surface area contributed by atoms with Crippen molar-refractivity contribution in [2.45, 2.75) is 59.9 Å². The molecule has 0 amide bonds. The summed E-state index contributed by atoms with van der Waals surface area (Å²) in [5.41, 5.74) is 1.05. The summed E-state index contributed by atoms with van der Waals surface area (Å²) >= 11 is 0. The lowest BCUT2D eigenvalue weighted by Crippen LogP contribution is -2.35. The van der Waals surface area contributed by atoms with Crippen molar-refractivity contribution < 1.29 is 5.11 Å². The molecule has 1 rings (SSSR count). The number of hydrogen-bond acceptors (Lipinski definition) is 5. The largest absolute Gasteiger partial charge is 0.395 e. The molecule has 0 unspecified atom stereocenters. The van der Waals surface area contributed by atoms with Crippen molar-refractivity contribution in [2.75, 3.05) is 29.9 Å². The molecule has 0 saturated carbocycles. The van der Waals surface area contributed by atoms with Gasteiger partial charge in [0.25, 0.3) is 0 Å². The predicted octanol–water partition coefficient (Wildman–Crippen LogP) is 2.94. The van der Waals surface area contributed by atoms with E-state index in [1.54, 1.807) is 0 Å². The van der Waals surface area contributed by atoms with Crippen LogP contribution in [0.25, 0.3) is 0 Å². The smallest absolute Gasteiger partial charge is 0.137 e. The first-order valence-electron chi connectivity index (χ1n) is 7.92. The first-order chi connectivity index (χ1) is 9.92. The normalized spacial score (nSPS) is 11.3. The van der Waals surface area contributed by atoms with Crippen LogP contribution < -0.4 is 10.2 Å². The van der Waals surface area contributed by atoms with E-state index in [2.05, 4.69) is 49.8 Å². The van der Waals surface area contributed by atoms with Gasteiger partial charge in [0.1, 0.15) is 17.5 Å². The van der Waals surface area contributed by atoms with Crippen LogP contribution in [-0.4, -0.2) is 40.8 Å². The molecule has 0 aliphatic heterocycles. The summed E-state index contributed by atoms with van der Waals surface area (Å²) < 4.78 is 0. The summed E-state index contributed by atoms with van der Waals surface area (Å²) in [5, 5.41) is 12.7. The summed E-state index contributed by atoms with van der Waals surface area (Å²) in [6, 6.07) is 0.282. The highest BCUT2D eigenvalue weighted by molar-refractivity contribution is 5.59. The molecule has 0 bridgehead atoms. The average molecular weight is 294 g/mol. The maximum atomic E-state index is 9.33. The summed E-state index contributed by atoms with van der Waals surface area (Å²) in [7, 11) is 0. The van der Waals surface area contributed by atoms with Crippen molar-refractivity contribution in [2.24, 2.45) is 0 Å². The van der Waals surface area contributed by atoms with E-state index in [1.807, 2.05) is 6.92 Å². The minimum atomic E-state index is 0.121. The van der Waals surface area contributed by atoms with E-state index in [9.17, 15) is 5.11 Å². The number of anilines is 2.